The topological polar surface area (TPSA) is 147 Å². The van der Waals surface area contributed by atoms with Gasteiger partial charge in [-0.15, -0.1) is 0 Å². The molecule has 4 amide bonds. The van der Waals surface area contributed by atoms with E-state index in [9.17, 15) is 28.8 Å². The van der Waals surface area contributed by atoms with E-state index in [0.29, 0.717) is 69.0 Å². The van der Waals surface area contributed by atoms with E-state index in [-0.39, 0.29) is 24.0 Å². The normalized spacial score (nSPS) is 23.2. The Balaban J connectivity index is 1.72. The van der Waals surface area contributed by atoms with Crippen LogP contribution in [0.3, 0.4) is 0 Å². The summed E-state index contributed by atoms with van der Waals surface area (Å²) in [6.45, 7) is 8.65. The number of carbonyl (C=O) groups excluding carboxylic acids is 6. The van der Waals surface area contributed by atoms with Gasteiger partial charge in [-0.2, -0.15) is 0 Å². The van der Waals surface area contributed by atoms with Crippen molar-refractivity contribution in [2.24, 2.45) is 5.92 Å². The van der Waals surface area contributed by atoms with Crippen LogP contribution < -0.4 is 16.0 Å². The van der Waals surface area contributed by atoms with E-state index in [2.05, 4.69) is 16.0 Å². The van der Waals surface area contributed by atoms with Crippen molar-refractivity contribution in [1.29, 1.82) is 0 Å². The number of aryl methyl sites for hydroxylation is 1. The number of piperidine rings is 1. The summed E-state index contributed by atoms with van der Waals surface area (Å²) in [5.74, 6) is -2.87. The highest BCUT2D eigenvalue weighted by atomic mass is 16.2. The molecule has 0 radical (unpaired) electrons. The van der Waals surface area contributed by atoms with Crippen molar-refractivity contribution >= 4 is 46.1 Å². The van der Waals surface area contributed by atoms with Gasteiger partial charge in [0.15, 0.2) is 11.8 Å². The van der Waals surface area contributed by atoms with Gasteiger partial charge in [0.05, 0.1) is 0 Å². The summed E-state index contributed by atoms with van der Waals surface area (Å²) in [5, 5.41) is 9.07. The standard InChI is InChI=1S/C36H51N5O6/c1-5-20-40-22-26(25-16-11-12-18-28(25)40)32(43)31-35(46)38-30(23(4)6-2)36(47)41-21-14-13-19-29(41)34(45)37-27(33(44)39-31)17-10-8-9-15-24(42)7-3/h11-12,16,18,22-23,27,29-31H,5-10,13-15,17,19-21H2,1-4H3,(H,37,45)(H,38,46)(H,39,44)/t23?,27-,29+,30-,31-/m0/s1. The van der Waals surface area contributed by atoms with Gasteiger partial charge >= 0.3 is 0 Å². The molecule has 0 bridgehead atoms. The third kappa shape index (κ3) is 8.48. The molecule has 2 aromatic rings. The number of amides is 4. The third-order valence-corrected chi connectivity index (χ3v) is 9.67. The Labute approximate surface area is 277 Å². The SMILES string of the molecule is CCCn1cc(C(=O)[C@@H]2NC(=O)[C@H](CCCCCC(=O)CC)NC(=O)[C@H]3CCCCN3C(=O)[C@H](C(C)CC)NC2=O)c2ccccc21. The molecule has 11 heteroatoms. The van der Waals surface area contributed by atoms with Crippen LogP contribution in [0.4, 0.5) is 0 Å². The van der Waals surface area contributed by atoms with Crippen molar-refractivity contribution in [3.05, 3.63) is 36.0 Å². The van der Waals surface area contributed by atoms with Crippen LogP contribution in [0.15, 0.2) is 30.5 Å². The second kappa shape index (κ2) is 16.7. The highest BCUT2D eigenvalue weighted by Gasteiger charge is 2.42. The minimum atomic E-state index is -1.62. The van der Waals surface area contributed by atoms with E-state index in [4.69, 9.17) is 0 Å². The lowest BCUT2D eigenvalue weighted by Gasteiger charge is -2.39. The third-order valence-electron chi connectivity index (χ3n) is 9.67. The van der Waals surface area contributed by atoms with Crippen LogP contribution >= 0.6 is 0 Å². The van der Waals surface area contributed by atoms with Gasteiger partial charge in [-0.3, -0.25) is 28.8 Å². The summed E-state index contributed by atoms with van der Waals surface area (Å²) in [5.41, 5.74) is 1.14. The fourth-order valence-electron chi connectivity index (χ4n) is 6.64. The zero-order valence-corrected chi connectivity index (χ0v) is 28.3. The van der Waals surface area contributed by atoms with E-state index < -0.39 is 47.7 Å². The van der Waals surface area contributed by atoms with Crippen molar-refractivity contribution in [3.63, 3.8) is 0 Å². The lowest BCUT2D eigenvalue weighted by Crippen LogP contribution is -2.65. The molecule has 2 aliphatic heterocycles. The summed E-state index contributed by atoms with van der Waals surface area (Å²) in [6.07, 6.45) is 8.14. The maximum Gasteiger partial charge on any atom is 0.251 e. The average molecular weight is 650 g/mol. The molecule has 0 saturated carbocycles. The molecule has 1 aromatic carbocycles. The predicted molar refractivity (Wildman–Crippen MR) is 180 cm³/mol. The zero-order chi connectivity index (χ0) is 34.1. The van der Waals surface area contributed by atoms with Gasteiger partial charge in [0.1, 0.15) is 23.9 Å². The zero-order valence-electron chi connectivity index (χ0n) is 28.3. The quantitative estimate of drug-likeness (QED) is 0.170. The fourth-order valence-corrected chi connectivity index (χ4v) is 6.64. The molecule has 2 saturated heterocycles. The fraction of sp³-hybridized carbons (Fsp3) is 0.611. The average Bonchev–Trinajstić information content (AvgIpc) is 3.45. The molecular weight excluding hydrogens is 598 g/mol. The Morgan fingerprint density at radius 1 is 0.915 bits per heavy atom. The first-order chi connectivity index (χ1) is 22.6. The Morgan fingerprint density at radius 3 is 2.40 bits per heavy atom. The number of unbranched alkanes of at least 4 members (excludes halogenated alkanes) is 2. The molecule has 11 nitrogen and oxygen atoms in total. The minimum Gasteiger partial charge on any atom is -0.347 e. The van der Waals surface area contributed by atoms with E-state index in [1.54, 1.807) is 6.20 Å². The maximum absolute atomic E-state index is 14.3. The van der Waals surface area contributed by atoms with Gasteiger partial charge < -0.3 is 25.4 Å². The molecule has 0 spiro atoms. The molecule has 2 fully saturated rings. The van der Waals surface area contributed by atoms with Crippen LogP contribution in [0.1, 0.15) is 109 Å². The highest BCUT2D eigenvalue weighted by Crippen LogP contribution is 2.25. The lowest BCUT2D eigenvalue weighted by atomic mass is 9.93. The molecule has 0 aliphatic carbocycles. The van der Waals surface area contributed by atoms with Crippen molar-refractivity contribution in [1.82, 2.24) is 25.4 Å². The smallest absolute Gasteiger partial charge is 0.251 e. The first kappa shape index (κ1) is 35.8. The van der Waals surface area contributed by atoms with Crippen molar-refractivity contribution in [3.8, 4) is 0 Å². The van der Waals surface area contributed by atoms with Gasteiger partial charge in [-0.1, -0.05) is 65.2 Å². The maximum atomic E-state index is 14.3. The monoisotopic (exact) mass is 649 g/mol. The summed E-state index contributed by atoms with van der Waals surface area (Å²) >= 11 is 0. The van der Waals surface area contributed by atoms with E-state index in [1.165, 1.54) is 4.90 Å². The van der Waals surface area contributed by atoms with Crippen LogP contribution in [0.5, 0.6) is 0 Å². The Hall–Kier alpha value is -4.02. The van der Waals surface area contributed by atoms with Crippen molar-refractivity contribution < 1.29 is 28.8 Å². The van der Waals surface area contributed by atoms with Crippen LogP contribution in [-0.2, 0) is 30.5 Å². The Kier molecular flexibility index (Phi) is 12.7. The van der Waals surface area contributed by atoms with Crippen LogP contribution in [0.25, 0.3) is 10.9 Å². The number of aromatic nitrogens is 1. The lowest BCUT2D eigenvalue weighted by molar-refractivity contribution is -0.147. The second-order valence-corrected chi connectivity index (χ2v) is 13.0. The number of para-hydroxylation sites is 1. The largest absolute Gasteiger partial charge is 0.347 e. The van der Waals surface area contributed by atoms with Crippen LogP contribution in [-0.4, -0.2) is 75.4 Å². The summed E-state index contributed by atoms with van der Waals surface area (Å²) in [4.78, 5) is 83.5. The predicted octanol–water partition coefficient (Wildman–Crippen LogP) is 4.06. The van der Waals surface area contributed by atoms with Gasteiger partial charge in [-0.25, -0.2) is 0 Å². The number of hydrogen-bond acceptors (Lipinski definition) is 6. The van der Waals surface area contributed by atoms with Gasteiger partial charge in [0.25, 0.3) is 5.91 Å². The molecule has 1 unspecified atom stereocenters. The summed E-state index contributed by atoms with van der Waals surface area (Å²) in [7, 11) is 0. The molecule has 3 N–H and O–H groups in total. The van der Waals surface area contributed by atoms with E-state index >= 15 is 0 Å². The van der Waals surface area contributed by atoms with Crippen LogP contribution in [0, 0.1) is 5.92 Å². The molecule has 1 aromatic heterocycles. The van der Waals surface area contributed by atoms with Crippen molar-refractivity contribution in [2.45, 2.75) is 129 Å². The van der Waals surface area contributed by atoms with Gasteiger partial charge in [0.2, 0.25) is 17.7 Å². The van der Waals surface area contributed by atoms with E-state index in [1.807, 2.05) is 56.5 Å². The first-order valence-corrected chi connectivity index (χ1v) is 17.5. The number of benzene rings is 1. The minimum absolute atomic E-state index is 0.174. The molecule has 2 aliphatic rings. The molecule has 47 heavy (non-hydrogen) atoms. The number of ketones is 2. The highest BCUT2D eigenvalue weighted by molar-refractivity contribution is 6.20. The number of hydrogen-bond donors (Lipinski definition) is 3. The number of nitrogens with zero attached hydrogens (tertiary/aromatic N) is 2. The van der Waals surface area contributed by atoms with Gasteiger partial charge in [-0.05, 0) is 50.5 Å². The Morgan fingerprint density at radius 2 is 1.68 bits per heavy atom. The van der Waals surface area contributed by atoms with Crippen LogP contribution in [0.2, 0.25) is 0 Å². The molecular formula is C36H51N5O6. The number of nitrogens with one attached hydrogen (secondary N) is 3. The van der Waals surface area contributed by atoms with Gasteiger partial charge in [0, 0.05) is 48.6 Å². The molecule has 5 atom stereocenters. The number of carbonyl (C=O) groups is 6. The summed E-state index contributed by atoms with van der Waals surface area (Å²) in [6, 6.07) is 3.04. The number of Topliss-reactive ketones (excluding diaryl/α,β-unsaturated/α-hetero) is 2. The van der Waals surface area contributed by atoms with E-state index in [0.717, 1.165) is 24.8 Å². The number of rotatable bonds is 13. The van der Waals surface area contributed by atoms with Crippen molar-refractivity contribution in [2.75, 3.05) is 6.54 Å². The second-order valence-electron chi connectivity index (χ2n) is 13.0. The molecule has 4 rings (SSSR count). The Bertz CT molecular complexity index is 1470. The molecule has 3 heterocycles. The molecule has 256 valence electrons. The first-order valence-electron chi connectivity index (χ1n) is 17.5. The summed E-state index contributed by atoms with van der Waals surface area (Å²) < 4.78 is 1.96. The number of fused-ring (bicyclic) bond motifs is 2.